The number of nitro groups is 2. The van der Waals surface area contributed by atoms with Gasteiger partial charge in [-0.3, -0.25) is 30.5 Å². The molecule has 2 amide bonds. The number of alkyl carbamates (subject to hydrolysis) is 1. The van der Waals surface area contributed by atoms with Crippen LogP contribution in [0, 0.1) is 26.1 Å². The van der Waals surface area contributed by atoms with Crippen LogP contribution < -0.4 is 10.6 Å². The Labute approximate surface area is 223 Å². The lowest BCUT2D eigenvalue weighted by Crippen LogP contribution is -2.49. The largest absolute Gasteiger partial charge is 0.444 e. The standard InChI is InChI=1S/C23H26N6O8.ClH/c1-24-21(26-22(30)36-14-16-2-6-19(7-3-16)28(32)33)27(13-18-10-11-25-12-18)23(31)37-15-17-4-8-20(9-5-17)29(34)35;/h2-9,18,25H,10-15H2,1H3,(H,24,26,30);1H/t18-;/m0./s1. The molecule has 2 N–H and O–H groups in total. The molecule has 2 aromatic carbocycles. The predicted molar refractivity (Wildman–Crippen MR) is 138 cm³/mol. The number of hydrogen-bond donors (Lipinski definition) is 2. The number of nitro benzene ring substituents is 2. The Morgan fingerprint density at radius 1 is 1.00 bits per heavy atom. The molecule has 2 aromatic rings. The zero-order valence-electron chi connectivity index (χ0n) is 20.4. The summed E-state index contributed by atoms with van der Waals surface area (Å²) in [6.07, 6.45) is -0.827. The van der Waals surface area contributed by atoms with Gasteiger partial charge in [-0.2, -0.15) is 0 Å². The predicted octanol–water partition coefficient (Wildman–Crippen LogP) is 3.39. The lowest BCUT2D eigenvalue weighted by atomic mass is 10.1. The van der Waals surface area contributed by atoms with E-state index in [9.17, 15) is 29.8 Å². The Kier molecular flexibility index (Phi) is 11.4. The van der Waals surface area contributed by atoms with Crippen LogP contribution in [0.25, 0.3) is 0 Å². The van der Waals surface area contributed by atoms with Gasteiger partial charge in [-0.1, -0.05) is 0 Å². The molecule has 0 spiro atoms. The molecule has 0 unspecified atom stereocenters. The highest BCUT2D eigenvalue weighted by molar-refractivity contribution is 6.01. The van der Waals surface area contributed by atoms with E-state index in [1.165, 1.54) is 60.5 Å². The van der Waals surface area contributed by atoms with Gasteiger partial charge in [0.15, 0.2) is 0 Å². The summed E-state index contributed by atoms with van der Waals surface area (Å²) in [4.78, 5) is 51.2. The van der Waals surface area contributed by atoms with E-state index in [4.69, 9.17) is 9.47 Å². The molecule has 1 saturated heterocycles. The van der Waals surface area contributed by atoms with Crippen molar-refractivity contribution in [3.8, 4) is 0 Å². The zero-order valence-corrected chi connectivity index (χ0v) is 21.2. The minimum absolute atomic E-state index is 0. The maximum atomic E-state index is 13.0. The average molecular weight is 551 g/mol. The van der Waals surface area contributed by atoms with Gasteiger partial charge < -0.3 is 14.8 Å². The average Bonchev–Trinajstić information content (AvgIpc) is 3.42. The highest BCUT2D eigenvalue weighted by Gasteiger charge is 2.28. The second-order valence-corrected chi connectivity index (χ2v) is 8.12. The minimum Gasteiger partial charge on any atom is -0.444 e. The monoisotopic (exact) mass is 550 g/mol. The number of hydrogen-bond acceptors (Lipinski definition) is 10. The van der Waals surface area contributed by atoms with Gasteiger partial charge in [-0.15, -0.1) is 12.4 Å². The quantitative estimate of drug-likeness (QED) is 0.215. The van der Waals surface area contributed by atoms with Gasteiger partial charge in [0, 0.05) is 37.9 Å². The number of carbonyl (C=O) groups excluding carboxylic acids is 2. The number of guanidine groups is 1. The van der Waals surface area contributed by atoms with E-state index in [1.54, 1.807) is 0 Å². The molecule has 0 radical (unpaired) electrons. The molecule has 1 heterocycles. The highest BCUT2D eigenvalue weighted by atomic mass is 35.5. The molecule has 0 saturated carbocycles. The van der Waals surface area contributed by atoms with Crippen LogP contribution in [0.2, 0.25) is 0 Å². The van der Waals surface area contributed by atoms with Gasteiger partial charge in [0.25, 0.3) is 11.4 Å². The number of nitrogens with one attached hydrogen (secondary N) is 2. The first-order valence-electron chi connectivity index (χ1n) is 11.3. The highest BCUT2D eigenvalue weighted by Crippen LogP contribution is 2.15. The normalized spacial score (nSPS) is 14.7. The number of ether oxygens (including phenoxy) is 2. The van der Waals surface area contributed by atoms with Gasteiger partial charge in [0.05, 0.1) is 9.85 Å². The van der Waals surface area contributed by atoms with Gasteiger partial charge in [0.1, 0.15) is 13.2 Å². The van der Waals surface area contributed by atoms with Crippen molar-refractivity contribution in [2.24, 2.45) is 10.9 Å². The maximum Gasteiger partial charge on any atom is 0.416 e. The Morgan fingerprint density at radius 3 is 1.97 bits per heavy atom. The Balaban J connectivity index is 0.00000507. The fourth-order valence-corrected chi connectivity index (χ4v) is 3.55. The molecule has 0 bridgehead atoms. The number of rotatable bonds is 8. The fraction of sp³-hybridized carbons (Fsp3) is 0.348. The van der Waals surface area contributed by atoms with Crippen molar-refractivity contribution >= 4 is 41.9 Å². The number of non-ortho nitro benzene ring substituents is 2. The molecule has 3 rings (SSSR count). The third kappa shape index (κ3) is 8.67. The van der Waals surface area contributed by atoms with Crippen LogP contribution in [0.5, 0.6) is 0 Å². The third-order valence-corrected chi connectivity index (χ3v) is 5.53. The van der Waals surface area contributed by atoms with Crippen LogP contribution in [-0.2, 0) is 22.7 Å². The van der Waals surface area contributed by atoms with E-state index in [0.717, 1.165) is 13.0 Å². The van der Waals surface area contributed by atoms with Crippen molar-refractivity contribution in [1.82, 2.24) is 15.5 Å². The summed E-state index contributed by atoms with van der Waals surface area (Å²) < 4.78 is 10.6. The molecule has 38 heavy (non-hydrogen) atoms. The topological polar surface area (TPSA) is 179 Å². The zero-order chi connectivity index (χ0) is 26.8. The van der Waals surface area contributed by atoms with E-state index in [0.29, 0.717) is 17.7 Å². The van der Waals surface area contributed by atoms with Crippen molar-refractivity contribution in [2.75, 3.05) is 26.7 Å². The van der Waals surface area contributed by atoms with Crippen molar-refractivity contribution in [2.45, 2.75) is 19.6 Å². The Bertz CT molecular complexity index is 1150. The molecule has 204 valence electrons. The second-order valence-electron chi connectivity index (χ2n) is 8.12. The molecule has 1 aliphatic heterocycles. The molecule has 1 atom stereocenters. The van der Waals surface area contributed by atoms with E-state index >= 15 is 0 Å². The van der Waals surface area contributed by atoms with Gasteiger partial charge >= 0.3 is 12.2 Å². The molecule has 1 aliphatic rings. The number of halogens is 1. The number of amides is 2. The van der Waals surface area contributed by atoms with Crippen LogP contribution in [-0.4, -0.2) is 59.6 Å². The van der Waals surface area contributed by atoms with Crippen LogP contribution in [0.15, 0.2) is 53.5 Å². The molecule has 15 heteroatoms. The SMILES string of the molecule is CN=C(NC(=O)OCc1ccc([N+](=O)[O-])cc1)N(C[C@H]1CCNC1)C(=O)OCc1ccc([N+](=O)[O-])cc1.Cl. The van der Waals surface area contributed by atoms with E-state index in [1.807, 2.05) is 0 Å². The summed E-state index contributed by atoms with van der Waals surface area (Å²) in [5.74, 6) is 0.0240. The Hall–Kier alpha value is -4.30. The fourth-order valence-electron chi connectivity index (χ4n) is 3.55. The Morgan fingerprint density at radius 2 is 1.53 bits per heavy atom. The van der Waals surface area contributed by atoms with Crippen LogP contribution in [0.1, 0.15) is 17.5 Å². The minimum atomic E-state index is -0.878. The maximum absolute atomic E-state index is 13.0. The van der Waals surface area contributed by atoms with E-state index in [-0.39, 0.29) is 55.4 Å². The molecular formula is C23H27ClN6O8. The number of carbonyl (C=O) groups is 2. The first-order valence-corrected chi connectivity index (χ1v) is 11.3. The summed E-state index contributed by atoms with van der Waals surface area (Å²) in [5, 5.41) is 27.2. The molecule has 0 aliphatic carbocycles. The van der Waals surface area contributed by atoms with Crippen LogP contribution in [0.4, 0.5) is 21.0 Å². The first kappa shape index (κ1) is 29.9. The second kappa shape index (κ2) is 14.4. The number of nitrogens with zero attached hydrogens (tertiary/aromatic N) is 4. The summed E-state index contributed by atoms with van der Waals surface area (Å²) in [5.41, 5.74) is 0.916. The molecule has 14 nitrogen and oxygen atoms in total. The van der Waals surface area contributed by atoms with Gasteiger partial charge in [-0.25, -0.2) is 14.5 Å². The lowest BCUT2D eigenvalue weighted by molar-refractivity contribution is -0.385. The summed E-state index contributed by atoms with van der Waals surface area (Å²) in [7, 11) is 1.40. The summed E-state index contributed by atoms with van der Waals surface area (Å²) in [6.45, 7) is 1.39. The number of aliphatic imine (C=N–C) groups is 1. The lowest BCUT2D eigenvalue weighted by Gasteiger charge is -2.25. The van der Waals surface area contributed by atoms with Gasteiger partial charge in [-0.05, 0) is 60.8 Å². The van der Waals surface area contributed by atoms with Gasteiger partial charge in [0.2, 0.25) is 5.96 Å². The van der Waals surface area contributed by atoms with Crippen molar-refractivity contribution < 1.29 is 28.9 Å². The van der Waals surface area contributed by atoms with E-state index in [2.05, 4.69) is 15.6 Å². The van der Waals surface area contributed by atoms with Crippen LogP contribution >= 0.6 is 12.4 Å². The third-order valence-electron chi connectivity index (χ3n) is 5.53. The molecular weight excluding hydrogens is 524 g/mol. The molecule has 1 fully saturated rings. The smallest absolute Gasteiger partial charge is 0.416 e. The van der Waals surface area contributed by atoms with Crippen molar-refractivity contribution in [1.29, 1.82) is 0 Å². The van der Waals surface area contributed by atoms with E-state index < -0.39 is 22.0 Å². The molecule has 0 aromatic heterocycles. The number of benzene rings is 2. The summed E-state index contributed by atoms with van der Waals surface area (Å²) >= 11 is 0. The van der Waals surface area contributed by atoms with Crippen molar-refractivity contribution in [3.05, 3.63) is 79.9 Å². The summed E-state index contributed by atoms with van der Waals surface area (Å²) in [6, 6.07) is 11.1. The van der Waals surface area contributed by atoms with Crippen LogP contribution in [0.3, 0.4) is 0 Å². The van der Waals surface area contributed by atoms with Crippen molar-refractivity contribution in [3.63, 3.8) is 0 Å². The first-order chi connectivity index (χ1) is 17.8.